The molecule has 0 unspecified atom stereocenters. The molecule has 0 aliphatic rings. The van der Waals surface area contributed by atoms with E-state index in [1.165, 1.54) is 26.4 Å². The average molecular weight is 474 g/mol. The Hall–Kier alpha value is -3.29. The summed E-state index contributed by atoms with van der Waals surface area (Å²) >= 11 is 12.6. The number of benzene rings is 3. The molecule has 0 fully saturated rings. The molecule has 4 rings (SSSR count). The molecule has 0 amide bonds. The molecule has 0 saturated carbocycles. The van der Waals surface area contributed by atoms with Crippen LogP contribution < -0.4 is 14.8 Å². The first-order valence-corrected chi connectivity index (χ1v) is 10.3. The fourth-order valence-electron chi connectivity index (χ4n) is 3.17. The van der Waals surface area contributed by atoms with Crippen LogP contribution in [0.2, 0.25) is 10.0 Å². The van der Waals surface area contributed by atoms with E-state index in [0.717, 1.165) is 0 Å². The molecule has 0 bridgehead atoms. The predicted molar refractivity (Wildman–Crippen MR) is 121 cm³/mol. The highest BCUT2D eigenvalue weighted by Gasteiger charge is 2.24. The van der Waals surface area contributed by atoms with Crippen molar-refractivity contribution in [2.75, 3.05) is 19.5 Å². The molecular weight excluding hydrogens is 456 g/mol. The highest BCUT2D eigenvalue weighted by molar-refractivity contribution is 6.33. The normalized spacial score (nSPS) is 11.8. The third-order valence-electron chi connectivity index (χ3n) is 4.77. The first-order chi connectivity index (χ1) is 15.5. The Morgan fingerprint density at radius 3 is 2.31 bits per heavy atom. The SMILES string of the molecule is COc1cc(OC)c(N[C@@H](c2ccc(F)cc2)c2nnc(-c3ccccc3Cl)o2)cc1Cl. The molecule has 6 nitrogen and oxygen atoms in total. The van der Waals surface area contributed by atoms with E-state index in [1.54, 1.807) is 36.4 Å². The molecule has 0 aliphatic heterocycles. The van der Waals surface area contributed by atoms with E-state index in [2.05, 4.69) is 15.5 Å². The summed E-state index contributed by atoms with van der Waals surface area (Å²) in [5.74, 6) is 1.11. The first-order valence-electron chi connectivity index (χ1n) is 9.52. The molecule has 0 aliphatic carbocycles. The Labute approximate surface area is 193 Å². The van der Waals surface area contributed by atoms with Gasteiger partial charge in [0.25, 0.3) is 0 Å². The number of methoxy groups -OCH3 is 2. The smallest absolute Gasteiger partial charge is 0.249 e. The van der Waals surface area contributed by atoms with Crippen molar-refractivity contribution in [3.63, 3.8) is 0 Å². The Kier molecular flexibility index (Phi) is 6.48. The van der Waals surface area contributed by atoms with Gasteiger partial charge in [0.2, 0.25) is 11.8 Å². The maximum Gasteiger partial charge on any atom is 0.249 e. The molecule has 164 valence electrons. The van der Waals surface area contributed by atoms with Crippen LogP contribution >= 0.6 is 23.2 Å². The van der Waals surface area contributed by atoms with Gasteiger partial charge in [0.1, 0.15) is 23.4 Å². The van der Waals surface area contributed by atoms with Gasteiger partial charge in [-0.3, -0.25) is 0 Å². The summed E-state index contributed by atoms with van der Waals surface area (Å²) in [6.07, 6.45) is 0. The lowest BCUT2D eigenvalue weighted by Crippen LogP contribution is -2.14. The minimum Gasteiger partial charge on any atom is -0.495 e. The summed E-state index contributed by atoms with van der Waals surface area (Å²) in [5, 5.41) is 12.5. The summed E-state index contributed by atoms with van der Waals surface area (Å²) in [7, 11) is 3.05. The van der Waals surface area contributed by atoms with Crippen LogP contribution in [0.15, 0.2) is 65.1 Å². The number of rotatable bonds is 7. The van der Waals surface area contributed by atoms with Gasteiger partial charge in [0.15, 0.2) is 0 Å². The maximum absolute atomic E-state index is 13.6. The lowest BCUT2D eigenvalue weighted by molar-refractivity contribution is 0.395. The van der Waals surface area contributed by atoms with E-state index in [1.807, 2.05) is 12.1 Å². The van der Waals surface area contributed by atoms with Crippen molar-refractivity contribution in [2.45, 2.75) is 6.04 Å². The number of hydrogen-bond donors (Lipinski definition) is 1. The van der Waals surface area contributed by atoms with Crippen molar-refractivity contribution in [3.8, 4) is 23.0 Å². The van der Waals surface area contributed by atoms with E-state index in [0.29, 0.717) is 38.4 Å². The van der Waals surface area contributed by atoms with Crippen LogP contribution in [-0.2, 0) is 0 Å². The minimum absolute atomic E-state index is 0.250. The number of aromatic nitrogens is 2. The van der Waals surface area contributed by atoms with Crippen molar-refractivity contribution in [1.29, 1.82) is 0 Å². The largest absolute Gasteiger partial charge is 0.495 e. The second-order valence-electron chi connectivity index (χ2n) is 6.74. The molecule has 1 N–H and O–H groups in total. The molecule has 0 radical (unpaired) electrons. The van der Waals surface area contributed by atoms with Crippen molar-refractivity contribution in [3.05, 3.63) is 88.0 Å². The zero-order valence-corrected chi connectivity index (χ0v) is 18.6. The van der Waals surface area contributed by atoms with Crippen molar-refractivity contribution < 1.29 is 18.3 Å². The predicted octanol–water partition coefficient (Wildman–Crippen LogP) is 6.40. The summed E-state index contributed by atoms with van der Waals surface area (Å²) in [6.45, 7) is 0. The van der Waals surface area contributed by atoms with Gasteiger partial charge in [-0.05, 0) is 35.9 Å². The van der Waals surface area contributed by atoms with Gasteiger partial charge in [-0.1, -0.05) is 47.5 Å². The van der Waals surface area contributed by atoms with Gasteiger partial charge in [0, 0.05) is 6.07 Å². The van der Waals surface area contributed by atoms with E-state index in [-0.39, 0.29) is 17.6 Å². The molecule has 0 saturated heterocycles. The van der Waals surface area contributed by atoms with Crippen molar-refractivity contribution >= 4 is 28.9 Å². The minimum atomic E-state index is -0.627. The molecule has 32 heavy (non-hydrogen) atoms. The second-order valence-corrected chi connectivity index (χ2v) is 7.56. The topological polar surface area (TPSA) is 69.4 Å². The van der Waals surface area contributed by atoms with Crippen LogP contribution in [0.1, 0.15) is 17.5 Å². The highest BCUT2D eigenvalue weighted by atomic mass is 35.5. The zero-order valence-electron chi connectivity index (χ0n) is 17.1. The van der Waals surface area contributed by atoms with Crippen LogP contribution in [-0.4, -0.2) is 24.4 Å². The van der Waals surface area contributed by atoms with Crippen LogP contribution in [0.25, 0.3) is 11.5 Å². The molecule has 1 heterocycles. The van der Waals surface area contributed by atoms with Gasteiger partial charge >= 0.3 is 0 Å². The Bertz CT molecular complexity index is 1230. The Balaban J connectivity index is 1.77. The number of ether oxygens (including phenoxy) is 2. The zero-order chi connectivity index (χ0) is 22.7. The van der Waals surface area contributed by atoms with Crippen LogP contribution in [0, 0.1) is 5.82 Å². The lowest BCUT2D eigenvalue weighted by Gasteiger charge is -2.20. The molecular formula is C23H18Cl2FN3O3. The van der Waals surface area contributed by atoms with Gasteiger partial charge in [-0.15, -0.1) is 10.2 Å². The number of anilines is 1. The first kappa shape index (κ1) is 21.9. The van der Waals surface area contributed by atoms with Crippen molar-refractivity contribution in [2.24, 2.45) is 0 Å². The summed E-state index contributed by atoms with van der Waals surface area (Å²) in [5.41, 5.74) is 1.86. The van der Waals surface area contributed by atoms with Gasteiger partial charge in [-0.2, -0.15) is 0 Å². The molecule has 4 aromatic rings. The van der Waals surface area contributed by atoms with Gasteiger partial charge in [-0.25, -0.2) is 4.39 Å². The fourth-order valence-corrected chi connectivity index (χ4v) is 3.62. The Morgan fingerprint density at radius 2 is 1.62 bits per heavy atom. The van der Waals surface area contributed by atoms with Gasteiger partial charge in [0.05, 0.1) is 35.5 Å². The fraction of sp³-hybridized carbons (Fsp3) is 0.130. The number of hydrogen-bond acceptors (Lipinski definition) is 6. The molecule has 3 aromatic carbocycles. The number of halogens is 3. The summed E-state index contributed by atoms with van der Waals surface area (Å²) in [6, 6.07) is 15.8. The highest BCUT2D eigenvalue weighted by Crippen LogP contribution is 2.39. The van der Waals surface area contributed by atoms with Crippen LogP contribution in [0.5, 0.6) is 11.5 Å². The monoisotopic (exact) mass is 473 g/mol. The van der Waals surface area contributed by atoms with Crippen LogP contribution in [0.4, 0.5) is 10.1 Å². The van der Waals surface area contributed by atoms with Gasteiger partial charge < -0.3 is 19.2 Å². The van der Waals surface area contributed by atoms with Crippen LogP contribution in [0.3, 0.4) is 0 Å². The molecule has 1 aromatic heterocycles. The third kappa shape index (κ3) is 4.49. The molecule has 1 atom stereocenters. The summed E-state index contributed by atoms with van der Waals surface area (Å²) < 4.78 is 30.3. The van der Waals surface area contributed by atoms with E-state index in [4.69, 9.17) is 37.1 Å². The quantitative estimate of drug-likeness (QED) is 0.334. The number of nitrogens with one attached hydrogen (secondary N) is 1. The Morgan fingerprint density at radius 1 is 0.906 bits per heavy atom. The molecule has 9 heteroatoms. The lowest BCUT2D eigenvalue weighted by atomic mass is 10.1. The average Bonchev–Trinajstić information content (AvgIpc) is 3.28. The number of nitrogens with zero attached hydrogens (tertiary/aromatic N) is 2. The van der Waals surface area contributed by atoms with E-state index < -0.39 is 6.04 Å². The molecule has 0 spiro atoms. The third-order valence-corrected chi connectivity index (χ3v) is 5.39. The van der Waals surface area contributed by atoms with E-state index in [9.17, 15) is 4.39 Å². The maximum atomic E-state index is 13.6. The van der Waals surface area contributed by atoms with E-state index >= 15 is 0 Å². The van der Waals surface area contributed by atoms with Crippen molar-refractivity contribution in [1.82, 2.24) is 10.2 Å². The standard InChI is InChI=1S/C23H18Cl2FN3O3/c1-30-19-12-20(31-2)18(11-17(19)25)27-21(13-7-9-14(26)10-8-13)23-29-28-22(32-23)15-5-3-4-6-16(15)24/h3-12,21,27H,1-2H3/t21-/m0/s1. The summed E-state index contributed by atoms with van der Waals surface area (Å²) in [4.78, 5) is 0. The second kappa shape index (κ2) is 9.46.